The fourth-order valence-electron chi connectivity index (χ4n) is 3.94. The maximum Gasteiger partial charge on any atom is 0.255 e. The molecule has 0 saturated heterocycles. The molecule has 6 heteroatoms. The molecule has 1 amide bonds. The van der Waals surface area contributed by atoms with E-state index in [1.165, 1.54) is 11.1 Å². The van der Waals surface area contributed by atoms with Gasteiger partial charge in [-0.05, 0) is 41.8 Å². The summed E-state index contributed by atoms with van der Waals surface area (Å²) in [5, 5.41) is 3.06. The topological polar surface area (TPSA) is 63.9 Å². The smallest absolute Gasteiger partial charge is 0.255 e. The lowest BCUT2D eigenvalue weighted by Gasteiger charge is -2.34. The maximum atomic E-state index is 12.9. The molecule has 3 aromatic rings. The molecule has 0 spiro atoms. The Morgan fingerprint density at radius 3 is 2.67 bits per heavy atom. The standard InChI is InChI=1S/C24H26N2O4/c1-28-19-9-10-20(23(14-19)29-2)24(27)25-15-21(22-8-5-13-30-22)26-12-11-17-6-3-4-7-18(17)16-26/h3-10,13-14,21H,11-12,15-16H2,1-2H3,(H,25,27)/t21-/m0/s1. The van der Waals surface area contributed by atoms with Crippen LogP contribution in [0.2, 0.25) is 0 Å². The molecule has 1 aliphatic heterocycles. The highest BCUT2D eigenvalue weighted by Crippen LogP contribution is 2.29. The van der Waals surface area contributed by atoms with Crippen LogP contribution in [0.3, 0.4) is 0 Å². The number of nitrogens with one attached hydrogen (secondary N) is 1. The average molecular weight is 406 g/mol. The van der Waals surface area contributed by atoms with Gasteiger partial charge in [-0.15, -0.1) is 0 Å². The molecule has 6 nitrogen and oxygen atoms in total. The zero-order valence-electron chi connectivity index (χ0n) is 17.3. The molecule has 0 radical (unpaired) electrons. The molecule has 0 unspecified atom stereocenters. The van der Waals surface area contributed by atoms with Crippen molar-refractivity contribution in [2.24, 2.45) is 0 Å². The SMILES string of the molecule is COc1ccc(C(=O)NC[C@@H](c2ccco2)N2CCc3ccccc3C2)c(OC)c1. The molecule has 156 valence electrons. The van der Waals surface area contributed by atoms with Crippen molar-refractivity contribution < 1.29 is 18.7 Å². The molecule has 1 atom stereocenters. The summed E-state index contributed by atoms with van der Waals surface area (Å²) in [6.07, 6.45) is 2.65. The first-order valence-electron chi connectivity index (χ1n) is 10.0. The molecule has 2 heterocycles. The summed E-state index contributed by atoms with van der Waals surface area (Å²) in [7, 11) is 3.13. The highest BCUT2D eigenvalue weighted by molar-refractivity contribution is 5.97. The Kier molecular flexibility index (Phi) is 6.05. The van der Waals surface area contributed by atoms with Crippen molar-refractivity contribution in [3.05, 3.63) is 83.3 Å². The Labute approximate surface area is 176 Å². The monoisotopic (exact) mass is 406 g/mol. The van der Waals surface area contributed by atoms with Crippen LogP contribution in [0.1, 0.15) is 33.3 Å². The van der Waals surface area contributed by atoms with Crippen LogP contribution in [0.5, 0.6) is 11.5 Å². The Morgan fingerprint density at radius 2 is 1.93 bits per heavy atom. The van der Waals surface area contributed by atoms with Crippen molar-refractivity contribution in [3.8, 4) is 11.5 Å². The van der Waals surface area contributed by atoms with Gasteiger partial charge in [-0.3, -0.25) is 9.69 Å². The van der Waals surface area contributed by atoms with E-state index in [1.54, 1.807) is 38.7 Å². The number of ether oxygens (including phenoxy) is 2. The van der Waals surface area contributed by atoms with E-state index in [1.807, 2.05) is 12.1 Å². The Hall–Kier alpha value is -3.25. The number of furan rings is 1. The summed E-state index contributed by atoms with van der Waals surface area (Å²) >= 11 is 0. The van der Waals surface area contributed by atoms with Crippen molar-refractivity contribution in [1.29, 1.82) is 0 Å². The van der Waals surface area contributed by atoms with E-state index in [9.17, 15) is 4.79 Å². The lowest BCUT2D eigenvalue weighted by atomic mass is 9.98. The highest BCUT2D eigenvalue weighted by atomic mass is 16.5. The largest absolute Gasteiger partial charge is 0.497 e. The van der Waals surface area contributed by atoms with E-state index in [0.717, 1.165) is 25.3 Å². The van der Waals surface area contributed by atoms with E-state index in [-0.39, 0.29) is 11.9 Å². The number of methoxy groups -OCH3 is 2. The fourth-order valence-corrected chi connectivity index (χ4v) is 3.94. The van der Waals surface area contributed by atoms with E-state index >= 15 is 0 Å². The molecule has 30 heavy (non-hydrogen) atoms. The summed E-state index contributed by atoms with van der Waals surface area (Å²) in [5.41, 5.74) is 3.18. The molecule has 0 bridgehead atoms. The van der Waals surface area contributed by atoms with Crippen LogP contribution in [-0.2, 0) is 13.0 Å². The average Bonchev–Trinajstić information content (AvgIpc) is 3.33. The zero-order valence-corrected chi connectivity index (χ0v) is 17.3. The molecule has 4 rings (SSSR count). The Morgan fingerprint density at radius 1 is 1.10 bits per heavy atom. The maximum absolute atomic E-state index is 12.9. The second-order valence-electron chi connectivity index (χ2n) is 7.30. The van der Waals surface area contributed by atoms with Crippen LogP contribution < -0.4 is 14.8 Å². The van der Waals surface area contributed by atoms with Gasteiger partial charge in [0.1, 0.15) is 17.3 Å². The van der Waals surface area contributed by atoms with Gasteiger partial charge in [0.05, 0.1) is 32.1 Å². The minimum atomic E-state index is -0.191. The quantitative estimate of drug-likeness (QED) is 0.646. The lowest BCUT2D eigenvalue weighted by Crippen LogP contribution is -2.40. The number of carbonyl (C=O) groups excluding carboxylic acids is 1. The van der Waals surface area contributed by atoms with Crippen molar-refractivity contribution in [2.45, 2.75) is 19.0 Å². The Balaban J connectivity index is 1.51. The third-order valence-electron chi connectivity index (χ3n) is 5.58. The van der Waals surface area contributed by atoms with E-state index in [0.29, 0.717) is 23.6 Å². The molecule has 0 saturated carbocycles. The minimum absolute atomic E-state index is 0.0541. The first kappa shape index (κ1) is 20.0. The molecule has 1 N–H and O–H groups in total. The Bertz CT molecular complexity index is 1000. The lowest BCUT2D eigenvalue weighted by molar-refractivity contribution is 0.0916. The molecule has 2 aromatic carbocycles. The van der Waals surface area contributed by atoms with Crippen molar-refractivity contribution in [1.82, 2.24) is 10.2 Å². The van der Waals surface area contributed by atoms with Crippen molar-refractivity contribution in [2.75, 3.05) is 27.3 Å². The van der Waals surface area contributed by atoms with Crippen LogP contribution in [0.25, 0.3) is 0 Å². The number of amides is 1. The second-order valence-corrected chi connectivity index (χ2v) is 7.30. The molecular weight excluding hydrogens is 380 g/mol. The first-order valence-corrected chi connectivity index (χ1v) is 10.0. The highest BCUT2D eigenvalue weighted by Gasteiger charge is 2.27. The molecule has 1 aliphatic rings. The van der Waals surface area contributed by atoms with E-state index < -0.39 is 0 Å². The van der Waals surface area contributed by atoms with Gasteiger partial charge < -0.3 is 19.2 Å². The van der Waals surface area contributed by atoms with Gasteiger partial charge >= 0.3 is 0 Å². The number of benzene rings is 2. The summed E-state index contributed by atoms with van der Waals surface area (Å²) in [6, 6.07) is 17.5. The first-order chi connectivity index (χ1) is 14.7. The predicted octanol–water partition coefficient (Wildman–Crippen LogP) is 3.83. The molecule has 0 fully saturated rings. The number of hydrogen-bond donors (Lipinski definition) is 1. The van der Waals surface area contributed by atoms with Crippen LogP contribution in [-0.4, -0.2) is 38.1 Å². The molecule has 1 aromatic heterocycles. The van der Waals surface area contributed by atoms with Crippen molar-refractivity contribution in [3.63, 3.8) is 0 Å². The normalized spacial score (nSPS) is 14.6. The predicted molar refractivity (Wildman–Crippen MR) is 114 cm³/mol. The van der Waals surface area contributed by atoms with Gasteiger partial charge in [-0.1, -0.05) is 24.3 Å². The third-order valence-corrected chi connectivity index (χ3v) is 5.58. The van der Waals surface area contributed by atoms with Crippen LogP contribution in [0, 0.1) is 0 Å². The van der Waals surface area contributed by atoms with E-state index in [2.05, 4.69) is 34.5 Å². The van der Waals surface area contributed by atoms with Gasteiger partial charge in [0, 0.05) is 25.7 Å². The number of nitrogens with zero attached hydrogens (tertiary/aromatic N) is 1. The molecule has 0 aliphatic carbocycles. The summed E-state index contributed by atoms with van der Waals surface area (Å²) < 4.78 is 16.3. The summed E-state index contributed by atoms with van der Waals surface area (Å²) in [5.74, 6) is 1.77. The van der Waals surface area contributed by atoms with Crippen LogP contribution in [0.15, 0.2) is 65.3 Å². The van der Waals surface area contributed by atoms with Gasteiger partial charge in [0.15, 0.2) is 0 Å². The second kappa shape index (κ2) is 9.05. The molecular formula is C24H26N2O4. The van der Waals surface area contributed by atoms with Crippen LogP contribution >= 0.6 is 0 Å². The number of carbonyl (C=O) groups is 1. The van der Waals surface area contributed by atoms with Gasteiger partial charge in [0.25, 0.3) is 5.91 Å². The summed E-state index contributed by atoms with van der Waals surface area (Å²) in [4.78, 5) is 15.3. The third kappa shape index (κ3) is 4.19. The summed E-state index contributed by atoms with van der Waals surface area (Å²) in [6.45, 7) is 2.16. The fraction of sp³-hybridized carbons (Fsp3) is 0.292. The number of fused-ring (bicyclic) bond motifs is 1. The van der Waals surface area contributed by atoms with E-state index in [4.69, 9.17) is 13.9 Å². The minimum Gasteiger partial charge on any atom is -0.497 e. The number of hydrogen-bond acceptors (Lipinski definition) is 5. The number of rotatable bonds is 7. The zero-order chi connectivity index (χ0) is 20.9. The van der Waals surface area contributed by atoms with Crippen molar-refractivity contribution >= 4 is 5.91 Å². The van der Waals surface area contributed by atoms with Gasteiger partial charge in [-0.2, -0.15) is 0 Å². The van der Waals surface area contributed by atoms with Gasteiger partial charge in [-0.25, -0.2) is 0 Å². The van der Waals surface area contributed by atoms with Gasteiger partial charge in [0.2, 0.25) is 0 Å². The van der Waals surface area contributed by atoms with Crippen LogP contribution in [0.4, 0.5) is 0 Å².